The summed E-state index contributed by atoms with van der Waals surface area (Å²) in [4.78, 5) is 23.3. The average molecular weight is 704 g/mol. The molecule has 0 amide bonds. The van der Waals surface area contributed by atoms with E-state index < -0.39 is 53.5 Å². The van der Waals surface area contributed by atoms with E-state index in [4.69, 9.17) is 10.6 Å². The molecule has 0 bridgehead atoms. The molecule has 2 N–H and O–H groups in total. The van der Waals surface area contributed by atoms with E-state index in [1.165, 1.54) is 17.3 Å². The number of ether oxygens (including phenoxy) is 1. The van der Waals surface area contributed by atoms with Crippen LogP contribution in [0, 0.1) is 5.92 Å². The smallest absolute Gasteiger partial charge is 0.416 e. The van der Waals surface area contributed by atoms with Crippen LogP contribution in [0.5, 0.6) is 0 Å². The van der Waals surface area contributed by atoms with E-state index in [0.717, 1.165) is 12.1 Å². The van der Waals surface area contributed by atoms with Crippen molar-refractivity contribution in [1.82, 2.24) is 9.97 Å². The maximum absolute atomic E-state index is 13.8. The van der Waals surface area contributed by atoms with E-state index >= 15 is 0 Å². The van der Waals surface area contributed by atoms with Gasteiger partial charge in [-0.1, -0.05) is 6.92 Å². The first-order valence-electron chi connectivity index (χ1n) is 15.7. The fraction of sp³-hybridized carbons (Fsp3) is 0.485. The Morgan fingerprint density at radius 1 is 0.878 bits per heavy atom. The summed E-state index contributed by atoms with van der Waals surface area (Å²) in [6.07, 6.45) is -12.5. The largest absolute Gasteiger partial charge is 0.466 e. The van der Waals surface area contributed by atoms with Crippen LogP contribution in [0.1, 0.15) is 84.8 Å². The second-order valence-corrected chi connectivity index (χ2v) is 12.2. The van der Waals surface area contributed by atoms with E-state index in [0.29, 0.717) is 42.8 Å². The lowest BCUT2D eigenvalue weighted by Gasteiger charge is -2.39. The van der Waals surface area contributed by atoms with Gasteiger partial charge in [-0.3, -0.25) is 4.79 Å². The summed E-state index contributed by atoms with van der Waals surface area (Å²) in [5.41, 5.74) is -3.31. The molecule has 3 heterocycles. The standard InChI is InChI=1S/C33H34F9N5O2/c1-3-23-16-25(24-15-20(31(34,35)36)5-6-27(24)47(23)43)29-44-17-28(46-9-7-19(8-10-46)30(48)49-4-2)26(45-29)13-18-11-21(32(37,38)39)14-22(12-18)33(40,41)42/h5-6,11-12,14-15,17,19,23,25H,3-4,7-10,13,16,43H2,1-2H3/t23-,25+/m1/s1. The molecule has 0 unspecified atom stereocenters. The summed E-state index contributed by atoms with van der Waals surface area (Å²) in [5, 5.41) is 1.39. The van der Waals surface area contributed by atoms with Crippen molar-refractivity contribution in [3.8, 4) is 0 Å². The van der Waals surface area contributed by atoms with Crippen LogP contribution in [0.4, 0.5) is 50.9 Å². The van der Waals surface area contributed by atoms with Gasteiger partial charge in [-0.2, -0.15) is 39.5 Å². The number of nitrogens with two attached hydrogens (primary N) is 1. The monoisotopic (exact) mass is 703 g/mol. The Hall–Kier alpha value is -4.08. The van der Waals surface area contributed by atoms with Crippen molar-refractivity contribution in [3.63, 3.8) is 0 Å². The van der Waals surface area contributed by atoms with Crippen molar-refractivity contribution in [2.45, 2.75) is 76.4 Å². The molecule has 0 saturated carbocycles. The Morgan fingerprint density at radius 2 is 1.49 bits per heavy atom. The molecule has 0 aliphatic carbocycles. The number of nitrogens with zero attached hydrogens (tertiary/aromatic N) is 4. The third-order valence-electron chi connectivity index (χ3n) is 9.03. The fourth-order valence-electron chi connectivity index (χ4n) is 6.48. The van der Waals surface area contributed by atoms with Crippen LogP contribution >= 0.6 is 0 Å². The van der Waals surface area contributed by atoms with Gasteiger partial charge in [0.25, 0.3) is 0 Å². The molecule has 2 aliphatic heterocycles. The second-order valence-electron chi connectivity index (χ2n) is 12.2. The summed E-state index contributed by atoms with van der Waals surface area (Å²) in [7, 11) is 0. The van der Waals surface area contributed by atoms with Gasteiger partial charge in [0.1, 0.15) is 5.82 Å². The van der Waals surface area contributed by atoms with Gasteiger partial charge in [0, 0.05) is 31.5 Å². The van der Waals surface area contributed by atoms with Gasteiger partial charge >= 0.3 is 24.5 Å². The molecule has 16 heteroatoms. The molecule has 2 aromatic carbocycles. The van der Waals surface area contributed by atoms with Crippen molar-refractivity contribution in [2.24, 2.45) is 11.8 Å². The minimum atomic E-state index is -5.07. The minimum Gasteiger partial charge on any atom is -0.466 e. The highest BCUT2D eigenvalue weighted by atomic mass is 19.4. The summed E-state index contributed by atoms with van der Waals surface area (Å²) >= 11 is 0. The SMILES string of the molecule is CCOC(=O)C1CCN(c2cnc([C@H]3C[C@@H](CC)N(N)c4ccc(C(F)(F)F)cc43)nc2Cc2cc(C(F)(F)F)cc(C(F)(F)F)c2)CC1. The average Bonchev–Trinajstić information content (AvgIpc) is 3.03. The first-order chi connectivity index (χ1) is 22.9. The van der Waals surface area contributed by atoms with Crippen molar-refractivity contribution < 1.29 is 49.0 Å². The highest BCUT2D eigenvalue weighted by Gasteiger charge is 2.39. The second kappa shape index (κ2) is 13.7. The Balaban J connectivity index is 1.62. The van der Waals surface area contributed by atoms with Crippen LogP contribution in [0.25, 0.3) is 0 Å². The van der Waals surface area contributed by atoms with Gasteiger partial charge in [0.05, 0.1) is 52.5 Å². The number of alkyl halides is 9. The predicted molar refractivity (Wildman–Crippen MR) is 162 cm³/mol. The van der Waals surface area contributed by atoms with Gasteiger partial charge in [-0.15, -0.1) is 0 Å². The molecule has 0 spiro atoms. The van der Waals surface area contributed by atoms with E-state index in [2.05, 4.69) is 9.97 Å². The topological polar surface area (TPSA) is 84.6 Å². The van der Waals surface area contributed by atoms with Crippen LogP contribution in [-0.2, 0) is 34.5 Å². The number of esters is 1. The van der Waals surface area contributed by atoms with E-state index in [1.807, 2.05) is 6.92 Å². The number of anilines is 2. The third kappa shape index (κ3) is 7.89. The molecule has 49 heavy (non-hydrogen) atoms. The molecule has 5 rings (SSSR count). The lowest BCUT2D eigenvalue weighted by Crippen LogP contribution is -2.45. The van der Waals surface area contributed by atoms with Gasteiger partial charge in [-0.25, -0.2) is 15.8 Å². The van der Waals surface area contributed by atoms with Gasteiger partial charge in [0.15, 0.2) is 0 Å². The Bertz CT molecular complexity index is 1640. The molecule has 266 valence electrons. The highest BCUT2D eigenvalue weighted by molar-refractivity contribution is 5.73. The number of aromatic nitrogens is 2. The lowest BCUT2D eigenvalue weighted by molar-refractivity contribution is -0.148. The number of carbonyl (C=O) groups is 1. The number of fused-ring (bicyclic) bond motifs is 1. The Kier molecular flexibility index (Phi) is 10.1. The third-order valence-corrected chi connectivity index (χ3v) is 9.03. The van der Waals surface area contributed by atoms with Crippen molar-refractivity contribution >= 4 is 17.3 Å². The van der Waals surface area contributed by atoms with Crippen LogP contribution in [0.15, 0.2) is 42.6 Å². The van der Waals surface area contributed by atoms with Gasteiger partial charge < -0.3 is 14.6 Å². The number of hydrazine groups is 1. The molecule has 1 saturated heterocycles. The molecule has 2 aliphatic rings. The van der Waals surface area contributed by atoms with E-state index in [1.54, 1.807) is 11.8 Å². The van der Waals surface area contributed by atoms with Crippen LogP contribution in [-0.4, -0.2) is 41.7 Å². The first kappa shape index (κ1) is 36.2. The number of carbonyl (C=O) groups excluding carboxylic acids is 1. The zero-order valence-corrected chi connectivity index (χ0v) is 26.5. The van der Waals surface area contributed by atoms with Crippen molar-refractivity contribution in [1.29, 1.82) is 0 Å². The number of hydrogen-bond donors (Lipinski definition) is 1. The number of benzene rings is 2. The predicted octanol–water partition coefficient (Wildman–Crippen LogP) is 7.90. The summed E-state index contributed by atoms with van der Waals surface area (Å²) in [5.74, 6) is 4.75. The van der Waals surface area contributed by atoms with Gasteiger partial charge in [-0.05, 0) is 80.1 Å². The summed E-state index contributed by atoms with van der Waals surface area (Å²) < 4.78 is 129. The number of rotatable bonds is 7. The quantitative estimate of drug-likeness (QED) is 0.152. The zero-order valence-electron chi connectivity index (χ0n) is 26.5. The molecule has 1 fully saturated rings. The van der Waals surface area contributed by atoms with Crippen LogP contribution in [0.3, 0.4) is 0 Å². The zero-order chi connectivity index (χ0) is 35.9. The molecule has 0 radical (unpaired) electrons. The maximum atomic E-state index is 13.8. The normalized spacial score (nSPS) is 19.2. The fourth-order valence-corrected chi connectivity index (χ4v) is 6.48. The Morgan fingerprint density at radius 3 is 2.04 bits per heavy atom. The molecule has 7 nitrogen and oxygen atoms in total. The van der Waals surface area contributed by atoms with E-state index in [9.17, 15) is 44.3 Å². The maximum Gasteiger partial charge on any atom is 0.416 e. The Labute approximate surface area is 276 Å². The molecular formula is C33H34F9N5O2. The van der Waals surface area contributed by atoms with E-state index in [-0.39, 0.29) is 66.8 Å². The van der Waals surface area contributed by atoms with Crippen LogP contribution < -0.4 is 15.8 Å². The number of piperidine rings is 1. The number of halogens is 9. The van der Waals surface area contributed by atoms with Crippen LogP contribution in [0.2, 0.25) is 0 Å². The summed E-state index contributed by atoms with van der Waals surface area (Å²) in [6, 6.07) is 4.09. The molecular weight excluding hydrogens is 669 g/mol. The van der Waals surface area contributed by atoms with Crippen molar-refractivity contribution in [3.05, 3.63) is 81.9 Å². The highest BCUT2D eigenvalue weighted by Crippen LogP contribution is 2.44. The first-order valence-corrected chi connectivity index (χ1v) is 15.7. The molecule has 2 atom stereocenters. The minimum absolute atomic E-state index is 0.0383. The lowest BCUT2D eigenvalue weighted by atomic mass is 9.84. The van der Waals surface area contributed by atoms with Gasteiger partial charge in [0.2, 0.25) is 0 Å². The molecule has 3 aromatic rings. The molecule has 1 aromatic heterocycles. The van der Waals surface area contributed by atoms with Crippen molar-refractivity contribution in [2.75, 3.05) is 29.6 Å². The summed E-state index contributed by atoms with van der Waals surface area (Å²) in [6.45, 7) is 4.30. The number of hydrogen-bond acceptors (Lipinski definition) is 7.